The molecule has 2 aromatic heterocycles. The number of carbonyl (C=O) groups is 1. The van der Waals surface area contributed by atoms with Crippen LogP contribution in [-0.4, -0.2) is 62.6 Å². The van der Waals surface area contributed by atoms with E-state index in [2.05, 4.69) is 30.2 Å². The van der Waals surface area contributed by atoms with Gasteiger partial charge in [0.2, 0.25) is 11.8 Å². The highest BCUT2D eigenvalue weighted by Gasteiger charge is 2.28. The van der Waals surface area contributed by atoms with Crippen LogP contribution in [0, 0.1) is 0 Å². The maximum atomic E-state index is 12.3. The molecule has 2 N–H and O–H groups in total. The molecule has 12 heteroatoms. The standard InChI is InChI=1S/C18H24F2N6O4/c1-18(2,3)30-17(27)26-6-4-5-11(10-26)28-15-9-21-8-13(23-15)22-12-7-14(25-24-12)29-16(19)20/h7-9,11,16H,4-6,10H2,1-3H3,(H2,22,23,24,25)/t11-/m0/s1. The number of hydrogen-bond donors (Lipinski definition) is 2. The van der Waals surface area contributed by atoms with Crippen molar-refractivity contribution in [2.75, 3.05) is 18.4 Å². The molecule has 0 aromatic carbocycles. The first kappa shape index (κ1) is 21.5. The number of alkyl halides is 2. The Balaban J connectivity index is 1.58. The van der Waals surface area contributed by atoms with Crippen molar-refractivity contribution in [3.05, 3.63) is 18.5 Å². The zero-order chi connectivity index (χ0) is 21.7. The number of amides is 1. The molecule has 10 nitrogen and oxygen atoms in total. The summed E-state index contributed by atoms with van der Waals surface area (Å²) in [5.41, 5.74) is -0.566. The molecule has 164 valence electrons. The van der Waals surface area contributed by atoms with Gasteiger partial charge in [-0.2, -0.15) is 13.8 Å². The quantitative estimate of drug-likeness (QED) is 0.723. The summed E-state index contributed by atoms with van der Waals surface area (Å²) in [6.07, 6.45) is 3.79. The van der Waals surface area contributed by atoms with Crippen molar-refractivity contribution in [3.8, 4) is 11.8 Å². The van der Waals surface area contributed by atoms with Crippen LogP contribution in [0.1, 0.15) is 33.6 Å². The lowest BCUT2D eigenvalue weighted by molar-refractivity contribution is -0.0528. The summed E-state index contributed by atoms with van der Waals surface area (Å²) in [7, 11) is 0. The summed E-state index contributed by atoms with van der Waals surface area (Å²) in [6, 6.07) is 1.27. The first-order valence-corrected chi connectivity index (χ1v) is 9.42. The molecule has 0 bridgehead atoms. The fourth-order valence-electron chi connectivity index (χ4n) is 2.82. The third kappa shape index (κ3) is 6.42. The third-order valence-electron chi connectivity index (χ3n) is 3.96. The molecule has 1 aliphatic rings. The number of likely N-dealkylation sites (tertiary alicyclic amines) is 1. The van der Waals surface area contributed by atoms with E-state index in [4.69, 9.17) is 9.47 Å². The Labute approximate surface area is 171 Å². The molecule has 3 rings (SSSR count). The summed E-state index contributed by atoms with van der Waals surface area (Å²) in [6.45, 7) is 3.47. The monoisotopic (exact) mass is 426 g/mol. The number of hydrogen-bond acceptors (Lipinski definition) is 8. The molecule has 1 atom stereocenters. The number of halogens is 2. The van der Waals surface area contributed by atoms with Gasteiger partial charge in [-0.25, -0.2) is 4.79 Å². The Kier molecular flexibility index (Phi) is 6.53. The summed E-state index contributed by atoms with van der Waals surface area (Å²) in [5.74, 6) is 0.627. The number of nitrogens with zero attached hydrogens (tertiary/aromatic N) is 4. The van der Waals surface area contributed by atoms with Crippen LogP contribution >= 0.6 is 0 Å². The Morgan fingerprint density at radius 3 is 2.87 bits per heavy atom. The summed E-state index contributed by atoms with van der Waals surface area (Å²) in [4.78, 5) is 22.3. The van der Waals surface area contributed by atoms with Crippen LogP contribution in [0.15, 0.2) is 18.5 Å². The third-order valence-corrected chi connectivity index (χ3v) is 3.96. The van der Waals surface area contributed by atoms with Gasteiger partial charge in [0, 0.05) is 12.6 Å². The Morgan fingerprint density at radius 1 is 1.33 bits per heavy atom. The highest BCUT2D eigenvalue weighted by Crippen LogP contribution is 2.22. The van der Waals surface area contributed by atoms with Crippen molar-refractivity contribution in [2.24, 2.45) is 0 Å². The van der Waals surface area contributed by atoms with E-state index in [-0.39, 0.29) is 24.0 Å². The molecule has 3 heterocycles. The van der Waals surface area contributed by atoms with E-state index in [1.165, 1.54) is 18.5 Å². The smallest absolute Gasteiger partial charge is 0.410 e. The van der Waals surface area contributed by atoms with Gasteiger partial charge in [-0.15, -0.1) is 5.10 Å². The van der Waals surface area contributed by atoms with Gasteiger partial charge in [-0.1, -0.05) is 0 Å². The number of carbonyl (C=O) groups excluding carboxylic acids is 1. The number of anilines is 2. The highest BCUT2D eigenvalue weighted by molar-refractivity contribution is 5.68. The van der Waals surface area contributed by atoms with Gasteiger partial charge in [-0.3, -0.25) is 10.1 Å². The summed E-state index contributed by atoms with van der Waals surface area (Å²) >= 11 is 0. The Morgan fingerprint density at radius 2 is 2.13 bits per heavy atom. The molecule has 0 spiro atoms. The number of H-pyrrole nitrogens is 1. The molecule has 30 heavy (non-hydrogen) atoms. The lowest BCUT2D eigenvalue weighted by Gasteiger charge is -2.33. The van der Waals surface area contributed by atoms with Gasteiger partial charge in [0.25, 0.3) is 0 Å². The van der Waals surface area contributed by atoms with E-state index in [1.807, 2.05) is 20.8 Å². The van der Waals surface area contributed by atoms with Crippen molar-refractivity contribution in [1.29, 1.82) is 0 Å². The van der Waals surface area contributed by atoms with Crippen molar-refractivity contribution < 1.29 is 27.8 Å². The van der Waals surface area contributed by atoms with Gasteiger partial charge >= 0.3 is 12.7 Å². The molecule has 1 aliphatic heterocycles. The zero-order valence-electron chi connectivity index (χ0n) is 16.9. The van der Waals surface area contributed by atoms with E-state index in [0.717, 1.165) is 12.8 Å². The molecule has 0 unspecified atom stereocenters. The minimum atomic E-state index is -2.96. The van der Waals surface area contributed by atoms with E-state index < -0.39 is 12.2 Å². The second kappa shape index (κ2) is 9.09. The molecule has 0 radical (unpaired) electrons. The first-order valence-electron chi connectivity index (χ1n) is 9.42. The van der Waals surface area contributed by atoms with E-state index >= 15 is 0 Å². The van der Waals surface area contributed by atoms with E-state index in [0.29, 0.717) is 24.7 Å². The highest BCUT2D eigenvalue weighted by atomic mass is 19.3. The molecule has 1 saturated heterocycles. The van der Waals surface area contributed by atoms with E-state index in [9.17, 15) is 13.6 Å². The Bertz CT molecular complexity index is 857. The Hall–Kier alpha value is -3.18. The number of rotatable bonds is 6. The molecule has 1 amide bonds. The van der Waals surface area contributed by atoms with Gasteiger partial charge < -0.3 is 24.4 Å². The summed E-state index contributed by atoms with van der Waals surface area (Å²) < 4.78 is 39.9. The molecule has 1 fully saturated rings. The van der Waals surface area contributed by atoms with Gasteiger partial charge in [0.05, 0.1) is 18.9 Å². The van der Waals surface area contributed by atoms with Crippen molar-refractivity contribution in [2.45, 2.75) is 51.9 Å². The minimum Gasteiger partial charge on any atom is -0.471 e. The lowest BCUT2D eigenvalue weighted by Crippen LogP contribution is -2.46. The number of nitrogens with one attached hydrogen (secondary N) is 2. The molecular weight excluding hydrogens is 402 g/mol. The van der Waals surface area contributed by atoms with Crippen LogP contribution in [0.5, 0.6) is 11.8 Å². The second-order valence-corrected chi connectivity index (χ2v) is 7.67. The second-order valence-electron chi connectivity index (χ2n) is 7.67. The maximum Gasteiger partial charge on any atom is 0.410 e. The van der Waals surface area contributed by atoms with Crippen LogP contribution in [0.2, 0.25) is 0 Å². The molecular formula is C18H24F2N6O4. The number of aromatic nitrogens is 4. The largest absolute Gasteiger partial charge is 0.471 e. The molecule has 2 aromatic rings. The zero-order valence-corrected chi connectivity index (χ0v) is 16.9. The fourth-order valence-corrected chi connectivity index (χ4v) is 2.82. The van der Waals surface area contributed by atoms with Crippen LogP contribution in [0.4, 0.5) is 25.2 Å². The van der Waals surface area contributed by atoms with Crippen LogP contribution < -0.4 is 14.8 Å². The lowest BCUT2D eigenvalue weighted by atomic mass is 10.1. The van der Waals surface area contributed by atoms with Crippen molar-refractivity contribution >= 4 is 17.7 Å². The first-order chi connectivity index (χ1) is 14.2. The van der Waals surface area contributed by atoms with Crippen LogP contribution in [0.3, 0.4) is 0 Å². The number of piperidine rings is 1. The average Bonchev–Trinajstić information content (AvgIpc) is 3.07. The topological polar surface area (TPSA) is 114 Å². The normalized spacial score (nSPS) is 17.0. The predicted octanol–water partition coefficient (Wildman–Crippen LogP) is 3.32. The molecule has 0 saturated carbocycles. The van der Waals surface area contributed by atoms with Gasteiger partial charge in [0.1, 0.15) is 17.5 Å². The fraction of sp³-hybridized carbons (Fsp3) is 0.556. The minimum absolute atomic E-state index is 0.252. The number of ether oxygens (including phenoxy) is 3. The SMILES string of the molecule is CC(C)(C)OC(=O)N1CCC[C@H](Oc2cncc(Nc3cc(OC(F)F)n[nH]3)n2)C1. The average molecular weight is 426 g/mol. The summed E-state index contributed by atoms with van der Waals surface area (Å²) in [5, 5.41) is 8.96. The molecule has 0 aliphatic carbocycles. The van der Waals surface area contributed by atoms with Crippen molar-refractivity contribution in [1.82, 2.24) is 25.1 Å². The predicted molar refractivity (Wildman–Crippen MR) is 102 cm³/mol. The van der Waals surface area contributed by atoms with E-state index in [1.54, 1.807) is 4.90 Å². The van der Waals surface area contributed by atoms with Gasteiger partial charge in [-0.05, 0) is 33.6 Å². The van der Waals surface area contributed by atoms with Crippen LogP contribution in [0.25, 0.3) is 0 Å². The van der Waals surface area contributed by atoms with Crippen molar-refractivity contribution in [3.63, 3.8) is 0 Å². The van der Waals surface area contributed by atoms with Crippen LogP contribution in [-0.2, 0) is 4.74 Å². The van der Waals surface area contributed by atoms with Gasteiger partial charge in [0.15, 0.2) is 5.82 Å². The number of aromatic amines is 1. The maximum absolute atomic E-state index is 12.3.